The second-order valence-corrected chi connectivity index (χ2v) is 5.85. The number of rotatable bonds is 7. The molecule has 7 nitrogen and oxygen atoms in total. The van der Waals surface area contributed by atoms with Crippen LogP contribution in [0.2, 0.25) is 0 Å². The topological polar surface area (TPSA) is 111 Å². The lowest BCUT2D eigenvalue weighted by molar-refractivity contribution is -0.124. The first-order valence-corrected chi connectivity index (χ1v) is 7.52. The minimum Gasteiger partial charge on any atom is -0.372 e. The molecule has 1 amide bonds. The zero-order valence-corrected chi connectivity index (χ0v) is 13.5. The van der Waals surface area contributed by atoms with Crippen LogP contribution in [0, 0.1) is 0 Å². The summed E-state index contributed by atoms with van der Waals surface area (Å²) in [6.07, 6.45) is -0.620. The molecule has 1 rings (SSSR count). The molecule has 21 heavy (non-hydrogen) atoms. The summed E-state index contributed by atoms with van der Waals surface area (Å²) in [6, 6.07) is 5.96. The van der Waals surface area contributed by atoms with Crippen molar-refractivity contribution in [2.45, 2.75) is 17.9 Å². The summed E-state index contributed by atoms with van der Waals surface area (Å²) in [7, 11) is -2.20. The fraction of sp³-hybridized carbons (Fsp3) is 0.417. The van der Waals surface area contributed by atoms with E-state index in [1.807, 2.05) is 0 Å². The van der Waals surface area contributed by atoms with E-state index >= 15 is 0 Å². The van der Waals surface area contributed by atoms with Crippen molar-refractivity contribution in [2.75, 3.05) is 25.5 Å². The van der Waals surface area contributed by atoms with Gasteiger partial charge in [-0.1, -0.05) is 6.07 Å². The molecular formula is C12H20ClN3O4S. The molecule has 0 radical (unpaired) electrons. The Labute approximate surface area is 130 Å². The van der Waals surface area contributed by atoms with Crippen LogP contribution in [0.4, 0.5) is 5.69 Å². The van der Waals surface area contributed by atoms with Gasteiger partial charge in [0.15, 0.2) is 0 Å². The van der Waals surface area contributed by atoms with Gasteiger partial charge in [-0.05, 0) is 25.1 Å². The van der Waals surface area contributed by atoms with Gasteiger partial charge < -0.3 is 15.8 Å². The highest BCUT2D eigenvalue weighted by molar-refractivity contribution is 7.89. The van der Waals surface area contributed by atoms with E-state index in [-0.39, 0.29) is 36.3 Å². The molecule has 0 fully saturated rings. The number of sulfonamides is 1. The number of benzene rings is 1. The number of anilines is 1. The van der Waals surface area contributed by atoms with Crippen LogP contribution in [-0.2, 0) is 19.6 Å². The molecule has 0 aliphatic rings. The van der Waals surface area contributed by atoms with Crippen LogP contribution in [0.5, 0.6) is 0 Å². The molecule has 0 spiro atoms. The Bertz CT molecular complexity index is 565. The fourth-order valence-electron chi connectivity index (χ4n) is 1.37. The molecule has 0 saturated heterocycles. The maximum absolute atomic E-state index is 11.9. The zero-order valence-electron chi connectivity index (χ0n) is 11.8. The Morgan fingerprint density at radius 2 is 2.10 bits per heavy atom. The van der Waals surface area contributed by atoms with Crippen LogP contribution >= 0.6 is 12.4 Å². The van der Waals surface area contributed by atoms with Gasteiger partial charge in [-0.3, -0.25) is 4.79 Å². The Balaban J connectivity index is 0.00000400. The molecule has 0 aliphatic heterocycles. The number of nitrogens with two attached hydrogens (primary N) is 1. The molecule has 9 heteroatoms. The van der Waals surface area contributed by atoms with Crippen LogP contribution in [0.15, 0.2) is 29.2 Å². The molecular weight excluding hydrogens is 318 g/mol. The van der Waals surface area contributed by atoms with Gasteiger partial charge in [-0.25, -0.2) is 13.1 Å². The van der Waals surface area contributed by atoms with Crippen LogP contribution in [0.3, 0.4) is 0 Å². The van der Waals surface area contributed by atoms with Gasteiger partial charge >= 0.3 is 0 Å². The molecule has 1 aromatic rings. The van der Waals surface area contributed by atoms with E-state index in [1.165, 1.54) is 19.2 Å². The van der Waals surface area contributed by atoms with E-state index in [0.29, 0.717) is 5.69 Å². The first-order valence-electron chi connectivity index (χ1n) is 6.04. The van der Waals surface area contributed by atoms with Crippen molar-refractivity contribution in [1.29, 1.82) is 0 Å². The largest absolute Gasteiger partial charge is 0.372 e. The van der Waals surface area contributed by atoms with Crippen molar-refractivity contribution < 1.29 is 17.9 Å². The molecule has 0 aliphatic carbocycles. The first kappa shape index (κ1) is 19.8. The molecule has 120 valence electrons. The predicted octanol–water partition coefficient (Wildman–Crippen LogP) is 0.319. The van der Waals surface area contributed by atoms with E-state index in [1.54, 1.807) is 19.1 Å². The third-order valence-corrected chi connectivity index (χ3v) is 4.03. The SMILES string of the molecule is COC(C)C(=O)Nc1cccc(S(=O)(=O)NCCN)c1.Cl. The number of hydrogen-bond acceptors (Lipinski definition) is 5. The van der Waals surface area contributed by atoms with Crippen LogP contribution < -0.4 is 15.8 Å². The Morgan fingerprint density at radius 1 is 1.43 bits per heavy atom. The number of amides is 1. The lowest BCUT2D eigenvalue weighted by Gasteiger charge is -2.11. The van der Waals surface area contributed by atoms with Gasteiger partial charge in [-0.2, -0.15) is 0 Å². The monoisotopic (exact) mass is 337 g/mol. The van der Waals surface area contributed by atoms with Gasteiger partial charge in [0.1, 0.15) is 6.10 Å². The predicted molar refractivity (Wildman–Crippen MR) is 83.0 cm³/mol. The quantitative estimate of drug-likeness (QED) is 0.663. The summed E-state index contributed by atoms with van der Waals surface area (Å²) in [6.45, 7) is 1.96. The summed E-state index contributed by atoms with van der Waals surface area (Å²) in [5.41, 5.74) is 5.64. The van der Waals surface area contributed by atoms with E-state index in [9.17, 15) is 13.2 Å². The molecule has 1 atom stereocenters. The normalized spacial score (nSPS) is 12.3. The third kappa shape index (κ3) is 5.98. The highest BCUT2D eigenvalue weighted by atomic mass is 35.5. The van der Waals surface area contributed by atoms with Crippen molar-refractivity contribution in [1.82, 2.24) is 4.72 Å². The van der Waals surface area contributed by atoms with Gasteiger partial charge in [-0.15, -0.1) is 12.4 Å². The average Bonchev–Trinajstić information content (AvgIpc) is 2.44. The fourth-order valence-corrected chi connectivity index (χ4v) is 2.46. The van der Waals surface area contributed by atoms with Crippen LogP contribution in [0.1, 0.15) is 6.92 Å². The van der Waals surface area contributed by atoms with Gasteiger partial charge in [0.05, 0.1) is 4.90 Å². The number of carbonyl (C=O) groups is 1. The molecule has 1 aromatic carbocycles. The van der Waals surface area contributed by atoms with Crippen molar-refractivity contribution in [2.24, 2.45) is 5.73 Å². The van der Waals surface area contributed by atoms with E-state index in [4.69, 9.17) is 10.5 Å². The molecule has 0 heterocycles. The number of nitrogens with one attached hydrogen (secondary N) is 2. The summed E-state index contributed by atoms with van der Waals surface area (Å²) in [5, 5.41) is 2.58. The maximum atomic E-state index is 11.9. The number of carbonyl (C=O) groups excluding carboxylic acids is 1. The lowest BCUT2D eigenvalue weighted by Crippen LogP contribution is -2.29. The van der Waals surface area contributed by atoms with E-state index in [0.717, 1.165) is 0 Å². The average molecular weight is 338 g/mol. The summed E-state index contributed by atoms with van der Waals surface area (Å²) < 4.78 is 31.1. The number of halogens is 1. The zero-order chi connectivity index (χ0) is 15.2. The smallest absolute Gasteiger partial charge is 0.253 e. The molecule has 0 saturated carbocycles. The Kier molecular flexibility index (Phi) is 8.45. The van der Waals surface area contributed by atoms with Gasteiger partial charge in [0.2, 0.25) is 10.0 Å². The minimum atomic E-state index is -3.62. The standard InChI is InChI=1S/C12H19N3O4S.ClH/c1-9(19-2)12(16)15-10-4-3-5-11(8-10)20(17,18)14-7-6-13;/h3-5,8-9,14H,6-7,13H2,1-2H3,(H,15,16);1H. The first-order chi connectivity index (χ1) is 9.40. The second-order valence-electron chi connectivity index (χ2n) is 4.08. The van der Waals surface area contributed by atoms with Gasteiger partial charge in [0.25, 0.3) is 5.91 Å². The van der Waals surface area contributed by atoms with E-state index < -0.39 is 16.1 Å². The summed E-state index contributed by atoms with van der Waals surface area (Å²) in [4.78, 5) is 11.7. The Morgan fingerprint density at radius 3 is 2.67 bits per heavy atom. The van der Waals surface area contributed by atoms with Crippen LogP contribution in [0.25, 0.3) is 0 Å². The number of ether oxygens (including phenoxy) is 1. The minimum absolute atomic E-state index is 0. The van der Waals surface area contributed by atoms with Gasteiger partial charge in [0, 0.05) is 25.9 Å². The van der Waals surface area contributed by atoms with Crippen molar-refractivity contribution in [3.63, 3.8) is 0 Å². The van der Waals surface area contributed by atoms with Crippen molar-refractivity contribution >= 4 is 34.0 Å². The van der Waals surface area contributed by atoms with Crippen LogP contribution in [-0.4, -0.2) is 40.6 Å². The summed E-state index contributed by atoms with van der Waals surface area (Å²) in [5.74, 6) is -0.350. The molecule has 4 N–H and O–H groups in total. The van der Waals surface area contributed by atoms with E-state index in [2.05, 4.69) is 10.0 Å². The Hall–Kier alpha value is -1.19. The molecule has 0 aromatic heterocycles. The number of methoxy groups -OCH3 is 1. The second kappa shape index (κ2) is 8.96. The highest BCUT2D eigenvalue weighted by Crippen LogP contribution is 2.15. The maximum Gasteiger partial charge on any atom is 0.253 e. The molecule has 0 bridgehead atoms. The highest BCUT2D eigenvalue weighted by Gasteiger charge is 2.15. The number of hydrogen-bond donors (Lipinski definition) is 3. The lowest BCUT2D eigenvalue weighted by atomic mass is 10.3. The third-order valence-electron chi connectivity index (χ3n) is 2.57. The molecule has 1 unspecified atom stereocenters. The summed E-state index contributed by atoms with van der Waals surface area (Å²) >= 11 is 0. The van der Waals surface area contributed by atoms with Crippen molar-refractivity contribution in [3.8, 4) is 0 Å². The van der Waals surface area contributed by atoms with Crippen molar-refractivity contribution in [3.05, 3.63) is 24.3 Å².